The molecule has 0 radical (unpaired) electrons. The van der Waals surface area contributed by atoms with E-state index in [0.717, 1.165) is 50.0 Å². The number of hydrogen-bond donors (Lipinski definition) is 0. The van der Waals surface area contributed by atoms with E-state index in [1.54, 1.807) is 29.5 Å². The van der Waals surface area contributed by atoms with Crippen molar-refractivity contribution in [2.75, 3.05) is 11.4 Å². The number of thiazole rings is 1. The molecule has 0 bridgehead atoms. The normalized spacial score (nSPS) is 18.1. The molecule has 4 aromatic carbocycles. The SMILES string of the molecule is CC1CC(C=C2Sc3ccc(Br)cc3N2CCc2ccccc2)=CC(=Cc2sc3ccc(Br)cc3[n+]2Cc2ccccc2S(=O)(=O)[O-])C1. The number of thioether (sulfide) groups is 1. The molecular weight excluding hydrogens is 788 g/mol. The molecule has 1 aliphatic heterocycles. The Hall–Kier alpha value is -2.99. The van der Waals surface area contributed by atoms with Crippen LogP contribution in [-0.2, 0) is 23.1 Å². The maximum absolute atomic E-state index is 12.1. The summed E-state index contributed by atoms with van der Waals surface area (Å²) in [7, 11) is -4.62. The second kappa shape index (κ2) is 14.1. The van der Waals surface area contributed by atoms with Crippen molar-refractivity contribution in [3.63, 3.8) is 0 Å². The minimum atomic E-state index is -4.62. The van der Waals surface area contributed by atoms with Crippen LogP contribution >= 0.6 is 55.0 Å². The standard InChI is InChI=1S/C38H32Br2N2O3S3/c1-25-17-27(20-37-41(16-15-26-7-3-2-4-8-26)32-22-30(39)11-13-34(32)46-37)19-28(18-25)21-38-42(33-23-31(40)12-14-35(33)47-38)24-29-9-5-6-10-36(29)48(43,44)45/h2-14,19-23,25H,15-18,24H2,1H3. The van der Waals surface area contributed by atoms with Crippen LogP contribution in [0.5, 0.6) is 0 Å². The number of anilines is 1. The molecule has 1 aromatic heterocycles. The van der Waals surface area contributed by atoms with E-state index in [1.165, 1.54) is 38.4 Å². The molecule has 5 aromatic rings. The van der Waals surface area contributed by atoms with Gasteiger partial charge in [0.1, 0.15) is 14.8 Å². The van der Waals surface area contributed by atoms with Gasteiger partial charge in [-0.1, -0.05) is 116 Å². The minimum absolute atomic E-state index is 0.176. The van der Waals surface area contributed by atoms with Crippen molar-refractivity contribution >= 4 is 87.1 Å². The van der Waals surface area contributed by atoms with E-state index in [2.05, 4.69) is 127 Å². The largest absolute Gasteiger partial charge is 0.744 e. The maximum Gasteiger partial charge on any atom is 0.263 e. The Labute approximate surface area is 306 Å². The quantitative estimate of drug-likeness (QED) is 0.115. The summed E-state index contributed by atoms with van der Waals surface area (Å²) in [5.41, 5.74) is 6.53. The Morgan fingerprint density at radius 1 is 0.938 bits per heavy atom. The Morgan fingerprint density at radius 3 is 2.50 bits per heavy atom. The van der Waals surface area contributed by atoms with Crippen molar-refractivity contribution < 1.29 is 17.5 Å². The van der Waals surface area contributed by atoms with Crippen LogP contribution in [0.4, 0.5) is 5.69 Å². The van der Waals surface area contributed by atoms with E-state index in [9.17, 15) is 13.0 Å². The van der Waals surface area contributed by atoms with Gasteiger partial charge >= 0.3 is 0 Å². The molecular formula is C38H32Br2N2O3S3. The van der Waals surface area contributed by atoms with Gasteiger partial charge in [0.05, 0.1) is 15.6 Å². The van der Waals surface area contributed by atoms with Gasteiger partial charge in [-0.3, -0.25) is 0 Å². The molecule has 1 unspecified atom stereocenters. The van der Waals surface area contributed by atoms with Gasteiger partial charge in [0.25, 0.3) is 5.01 Å². The summed E-state index contributed by atoms with van der Waals surface area (Å²) in [6.07, 6.45) is 9.79. The Kier molecular flexibility index (Phi) is 9.84. The molecule has 0 saturated carbocycles. The summed E-state index contributed by atoms with van der Waals surface area (Å²) in [6, 6.07) is 29.8. The number of rotatable bonds is 8. The summed E-state index contributed by atoms with van der Waals surface area (Å²) in [6.45, 7) is 3.45. The number of allylic oxidation sites excluding steroid dienone is 4. The molecule has 2 aliphatic rings. The first-order valence-electron chi connectivity index (χ1n) is 15.7. The summed E-state index contributed by atoms with van der Waals surface area (Å²) in [5.74, 6) is 0.456. The molecule has 48 heavy (non-hydrogen) atoms. The lowest BCUT2D eigenvalue weighted by atomic mass is 9.87. The Bertz CT molecular complexity index is 2230. The van der Waals surface area contributed by atoms with Gasteiger partial charge < -0.3 is 9.45 Å². The molecule has 5 nitrogen and oxygen atoms in total. The number of aromatic nitrogens is 1. The highest BCUT2D eigenvalue weighted by Crippen LogP contribution is 2.48. The Morgan fingerprint density at radius 2 is 1.69 bits per heavy atom. The van der Waals surface area contributed by atoms with Gasteiger partial charge in [-0.05, 0) is 84.4 Å². The van der Waals surface area contributed by atoms with E-state index < -0.39 is 10.1 Å². The van der Waals surface area contributed by atoms with Crippen LogP contribution < -0.4 is 9.47 Å². The average Bonchev–Trinajstić information content (AvgIpc) is 3.55. The second-order valence-electron chi connectivity index (χ2n) is 12.2. The minimum Gasteiger partial charge on any atom is -0.744 e. The molecule has 7 rings (SSSR count). The molecule has 0 saturated heterocycles. The van der Waals surface area contributed by atoms with E-state index >= 15 is 0 Å². The van der Waals surface area contributed by atoms with Crippen molar-refractivity contribution in [1.82, 2.24) is 0 Å². The van der Waals surface area contributed by atoms with Gasteiger partial charge in [-0.2, -0.15) is 4.57 Å². The summed E-state index contributed by atoms with van der Waals surface area (Å²) < 4.78 is 41.6. The van der Waals surface area contributed by atoms with Crippen molar-refractivity contribution in [3.8, 4) is 0 Å². The fourth-order valence-electron chi connectivity index (χ4n) is 6.44. The van der Waals surface area contributed by atoms with Gasteiger partial charge in [0, 0.05) is 38.1 Å². The number of halogens is 2. The van der Waals surface area contributed by atoms with Crippen molar-refractivity contribution in [2.45, 2.75) is 42.5 Å². The van der Waals surface area contributed by atoms with Gasteiger partial charge in [0.15, 0.2) is 6.54 Å². The van der Waals surface area contributed by atoms with Crippen molar-refractivity contribution in [1.29, 1.82) is 0 Å². The zero-order valence-electron chi connectivity index (χ0n) is 26.1. The second-order valence-corrected chi connectivity index (χ2v) is 17.5. The van der Waals surface area contributed by atoms with Crippen LogP contribution in [0.25, 0.3) is 16.3 Å². The highest BCUT2D eigenvalue weighted by molar-refractivity contribution is 9.10. The predicted octanol–water partition coefficient (Wildman–Crippen LogP) is 10.1. The predicted molar refractivity (Wildman–Crippen MR) is 203 cm³/mol. The Balaban J connectivity index is 1.26. The molecule has 0 spiro atoms. The summed E-state index contributed by atoms with van der Waals surface area (Å²) in [4.78, 5) is 3.53. The first kappa shape index (κ1) is 33.5. The third-order valence-electron chi connectivity index (χ3n) is 8.58. The number of nitrogens with zero attached hydrogens (tertiary/aromatic N) is 2. The van der Waals surface area contributed by atoms with Crippen molar-refractivity contribution in [2.24, 2.45) is 5.92 Å². The molecule has 10 heteroatoms. The van der Waals surface area contributed by atoms with E-state index in [0.29, 0.717) is 11.5 Å². The van der Waals surface area contributed by atoms with Gasteiger partial charge in [-0.25, -0.2) is 8.42 Å². The highest BCUT2D eigenvalue weighted by Gasteiger charge is 2.27. The average molecular weight is 821 g/mol. The van der Waals surface area contributed by atoms with Crippen LogP contribution in [0.3, 0.4) is 0 Å². The van der Waals surface area contributed by atoms with E-state index in [1.807, 2.05) is 17.8 Å². The third-order valence-corrected chi connectivity index (χ3v) is 12.7. The van der Waals surface area contributed by atoms with Crippen LogP contribution in [0.2, 0.25) is 0 Å². The number of hydrogen-bond acceptors (Lipinski definition) is 6. The van der Waals surface area contributed by atoms with Crippen molar-refractivity contribution in [3.05, 3.63) is 144 Å². The first-order valence-corrected chi connectivity index (χ1v) is 20.3. The third kappa shape index (κ3) is 7.44. The molecule has 0 fully saturated rings. The lowest BCUT2D eigenvalue weighted by Gasteiger charge is -2.23. The molecule has 0 amide bonds. The lowest BCUT2D eigenvalue weighted by molar-refractivity contribution is -0.660. The number of fused-ring (bicyclic) bond motifs is 2. The van der Waals surface area contributed by atoms with Crippen LogP contribution in [0.1, 0.15) is 35.9 Å². The van der Waals surface area contributed by atoms with Gasteiger partial charge in [-0.15, -0.1) is 0 Å². The molecule has 2 heterocycles. The van der Waals surface area contributed by atoms with Crippen LogP contribution in [0, 0.1) is 5.92 Å². The fourth-order valence-corrected chi connectivity index (χ4v) is 10.1. The van der Waals surface area contributed by atoms with Crippen LogP contribution in [-0.4, -0.2) is 19.5 Å². The topological polar surface area (TPSA) is 64.3 Å². The summed E-state index contributed by atoms with van der Waals surface area (Å²) >= 11 is 10.8. The monoisotopic (exact) mass is 818 g/mol. The van der Waals surface area contributed by atoms with Gasteiger partial charge in [0.2, 0.25) is 5.52 Å². The maximum atomic E-state index is 12.1. The van der Waals surface area contributed by atoms with Crippen LogP contribution in [0.15, 0.2) is 138 Å². The molecule has 0 N–H and O–H groups in total. The fraction of sp³-hybridized carbons (Fsp3) is 0.184. The molecule has 1 aliphatic carbocycles. The molecule has 1 atom stereocenters. The first-order chi connectivity index (χ1) is 23.1. The van der Waals surface area contributed by atoms with E-state index in [4.69, 9.17) is 0 Å². The highest BCUT2D eigenvalue weighted by atomic mass is 79.9. The zero-order chi connectivity index (χ0) is 33.4. The smallest absolute Gasteiger partial charge is 0.263 e. The van der Waals surface area contributed by atoms with E-state index in [-0.39, 0.29) is 11.4 Å². The number of benzene rings is 4. The zero-order valence-corrected chi connectivity index (χ0v) is 31.7. The molecule has 244 valence electrons. The summed E-state index contributed by atoms with van der Waals surface area (Å²) in [5, 5.41) is 2.24. The lowest BCUT2D eigenvalue weighted by Crippen LogP contribution is -2.36.